The Balaban J connectivity index is 1.75. The fourth-order valence-corrected chi connectivity index (χ4v) is 2.29. The van der Waals surface area contributed by atoms with E-state index in [1.54, 1.807) is 0 Å². The fraction of sp³-hybridized carbons (Fsp3) is 0.133. The minimum absolute atomic E-state index is 0.626. The first-order valence-electron chi connectivity index (χ1n) is 6.18. The van der Waals surface area contributed by atoms with Crippen LogP contribution in [-0.2, 0) is 6.42 Å². The molecule has 2 aromatic carbocycles. The van der Waals surface area contributed by atoms with Gasteiger partial charge in [-0.2, -0.15) is 0 Å². The number of rotatable bonds is 4. The molecular weight excluding hydrogens is 356 g/mol. The van der Waals surface area contributed by atoms with Gasteiger partial charge in [0.2, 0.25) is 0 Å². The Morgan fingerprint density at radius 3 is 2.35 bits per heavy atom. The maximum Gasteiger partial charge on any atom is 0.170 e. The van der Waals surface area contributed by atoms with E-state index >= 15 is 0 Å². The first-order valence-corrected chi connectivity index (χ1v) is 7.76. The molecule has 0 saturated heterocycles. The average Bonchev–Trinajstić information content (AvgIpc) is 2.44. The standard InChI is InChI=1S/C15H14BrClN2S/c16-12-3-7-14(8-4-12)19-15(20)18-10-9-11-1-5-13(17)6-2-11/h1-8H,9-10H2,(H2,18,19,20). The summed E-state index contributed by atoms with van der Waals surface area (Å²) in [5.74, 6) is 0. The van der Waals surface area contributed by atoms with E-state index in [1.165, 1.54) is 5.56 Å². The van der Waals surface area contributed by atoms with Crippen LogP contribution >= 0.6 is 39.7 Å². The van der Waals surface area contributed by atoms with E-state index in [1.807, 2.05) is 48.5 Å². The van der Waals surface area contributed by atoms with Gasteiger partial charge >= 0.3 is 0 Å². The SMILES string of the molecule is S=C(NCCc1ccc(Cl)cc1)Nc1ccc(Br)cc1. The molecule has 0 aliphatic heterocycles. The van der Waals surface area contributed by atoms with Crippen molar-refractivity contribution in [2.24, 2.45) is 0 Å². The van der Waals surface area contributed by atoms with Gasteiger partial charge < -0.3 is 10.6 Å². The monoisotopic (exact) mass is 368 g/mol. The molecule has 20 heavy (non-hydrogen) atoms. The van der Waals surface area contributed by atoms with E-state index < -0.39 is 0 Å². The molecule has 104 valence electrons. The number of halogens is 2. The summed E-state index contributed by atoms with van der Waals surface area (Å²) < 4.78 is 1.05. The first-order chi connectivity index (χ1) is 9.63. The van der Waals surface area contributed by atoms with Crippen LogP contribution in [0.3, 0.4) is 0 Å². The molecule has 0 heterocycles. The van der Waals surface area contributed by atoms with Gasteiger partial charge in [0, 0.05) is 21.7 Å². The second-order valence-electron chi connectivity index (χ2n) is 4.26. The minimum Gasteiger partial charge on any atom is -0.362 e. The van der Waals surface area contributed by atoms with Crippen molar-refractivity contribution in [1.82, 2.24) is 5.32 Å². The molecule has 2 N–H and O–H groups in total. The average molecular weight is 370 g/mol. The van der Waals surface area contributed by atoms with Gasteiger partial charge in [0.15, 0.2) is 5.11 Å². The van der Waals surface area contributed by atoms with Crippen LogP contribution in [0.1, 0.15) is 5.56 Å². The van der Waals surface area contributed by atoms with Crippen LogP contribution in [0, 0.1) is 0 Å². The van der Waals surface area contributed by atoms with E-state index in [0.29, 0.717) is 5.11 Å². The molecule has 0 aromatic heterocycles. The molecule has 0 saturated carbocycles. The lowest BCUT2D eigenvalue weighted by Crippen LogP contribution is -2.30. The van der Waals surface area contributed by atoms with Crippen molar-refractivity contribution >= 4 is 50.5 Å². The summed E-state index contributed by atoms with van der Waals surface area (Å²) in [5, 5.41) is 7.71. The lowest BCUT2D eigenvalue weighted by molar-refractivity contribution is 0.873. The third kappa shape index (κ3) is 5.12. The maximum absolute atomic E-state index is 5.85. The quantitative estimate of drug-likeness (QED) is 0.768. The van der Waals surface area contributed by atoms with E-state index in [4.69, 9.17) is 23.8 Å². The second kappa shape index (κ2) is 7.62. The molecule has 0 unspecified atom stereocenters. The molecular formula is C15H14BrClN2S. The zero-order valence-corrected chi connectivity index (χ0v) is 13.9. The lowest BCUT2D eigenvalue weighted by atomic mass is 10.1. The third-order valence-corrected chi connectivity index (χ3v) is 3.74. The van der Waals surface area contributed by atoms with Crippen LogP contribution < -0.4 is 10.6 Å². The number of hydrogen-bond donors (Lipinski definition) is 2. The first kappa shape index (κ1) is 15.3. The Bertz CT molecular complexity index is 569. The van der Waals surface area contributed by atoms with Crippen LogP contribution in [-0.4, -0.2) is 11.7 Å². The van der Waals surface area contributed by atoms with Gasteiger partial charge in [0.1, 0.15) is 0 Å². The van der Waals surface area contributed by atoms with Crippen LogP contribution in [0.15, 0.2) is 53.0 Å². The summed E-state index contributed by atoms with van der Waals surface area (Å²) in [5.41, 5.74) is 2.20. The minimum atomic E-state index is 0.626. The Kier molecular flexibility index (Phi) is 5.83. The number of hydrogen-bond acceptors (Lipinski definition) is 1. The molecule has 5 heteroatoms. The molecule has 0 atom stereocenters. The van der Waals surface area contributed by atoms with Crippen molar-refractivity contribution in [3.05, 3.63) is 63.6 Å². The fourth-order valence-electron chi connectivity index (χ4n) is 1.68. The van der Waals surface area contributed by atoms with E-state index in [0.717, 1.165) is 28.1 Å². The Morgan fingerprint density at radius 2 is 1.70 bits per heavy atom. The molecule has 0 aliphatic rings. The summed E-state index contributed by atoms with van der Waals surface area (Å²) in [7, 11) is 0. The number of anilines is 1. The predicted octanol–water partition coefficient (Wildman–Crippen LogP) is 4.63. The largest absolute Gasteiger partial charge is 0.362 e. The molecule has 0 radical (unpaired) electrons. The summed E-state index contributed by atoms with van der Waals surface area (Å²) in [4.78, 5) is 0. The summed E-state index contributed by atoms with van der Waals surface area (Å²) >= 11 is 14.5. The van der Waals surface area contributed by atoms with Crippen molar-refractivity contribution in [3.63, 3.8) is 0 Å². The topological polar surface area (TPSA) is 24.1 Å². The van der Waals surface area contributed by atoms with E-state index in [9.17, 15) is 0 Å². The van der Waals surface area contributed by atoms with Gasteiger partial charge in [-0.1, -0.05) is 39.7 Å². The summed E-state index contributed by atoms with van der Waals surface area (Å²) in [6, 6.07) is 15.7. The van der Waals surface area contributed by atoms with Gasteiger partial charge in [-0.05, 0) is 60.6 Å². The molecule has 0 fully saturated rings. The zero-order valence-electron chi connectivity index (χ0n) is 10.7. The van der Waals surface area contributed by atoms with Crippen molar-refractivity contribution in [2.75, 3.05) is 11.9 Å². The summed E-state index contributed by atoms with van der Waals surface area (Å²) in [6.45, 7) is 0.782. The number of thiocarbonyl (C=S) groups is 1. The molecule has 2 aromatic rings. The third-order valence-electron chi connectivity index (χ3n) is 2.71. The normalized spacial score (nSPS) is 10.1. The predicted molar refractivity (Wildman–Crippen MR) is 93.5 cm³/mol. The van der Waals surface area contributed by atoms with Crippen molar-refractivity contribution in [2.45, 2.75) is 6.42 Å². The van der Waals surface area contributed by atoms with Gasteiger partial charge in [-0.3, -0.25) is 0 Å². The van der Waals surface area contributed by atoms with E-state index in [-0.39, 0.29) is 0 Å². The Hall–Kier alpha value is -1.10. The lowest BCUT2D eigenvalue weighted by Gasteiger charge is -2.10. The van der Waals surface area contributed by atoms with Crippen LogP contribution in [0.25, 0.3) is 0 Å². The number of benzene rings is 2. The molecule has 0 amide bonds. The van der Waals surface area contributed by atoms with Gasteiger partial charge in [0.25, 0.3) is 0 Å². The van der Waals surface area contributed by atoms with Crippen molar-refractivity contribution in [3.8, 4) is 0 Å². The molecule has 0 spiro atoms. The maximum atomic E-state index is 5.85. The highest BCUT2D eigenvalue weighted by atomic mass is 79.9. The highest BCUT2D eigenvalue weighted by Gasteiger charge is 1.98. The van der Waals surface area contributed by atoms with Gasteiger partial charge in [-0.25, -0.2) is 0 Å². The van der Waals surface area contributed by atoms with Gasteiger partial charge in [0.05, 0.1) is 0 Å². The molecule has 2 rings (SSSR count). The smallest absolute Gasteiger partial charge is 0.170 e. The van der Waals surface area contributed by atoms with E-state index in [2.05, 4.69) is 26.6 Å². The molecule has 0 aliphatic carbocycles. The van der Waals surface area contributed by atoms with Crippen LogP contribution in [0.5, 0.6) is 0 Å². The molecule has 0 bridgehead atoms. The van der Waals surface area contributed by atoms with Crippen LogP contribution in [0.2, 0.25) is 5.02 Å². The highest BCUT2D eigenvalue weighted by Crippen LogP contribution is 2.14. The Labute approximate surface area is 137 Å². The Morgan fingerprint density at radius 1 is 1.05 bits per heavy atom. The van der Waals surface area contributed by atoms with Crippen molar-refractivity contribution < 1.29 is 0 Å². The highest BCUT2D eigenvalue weighted by molar-refractivity contribution is 9.10. The van der Waals surface area contributed by atoms with Crippen molar-refractivity contribution in [1.29, 1.82) is 0 Å². The number of nitrogens with one attached hydrogen (secondary N) is 2. The summed E-state index contributed by atoms with van der Waals surface area (Å²) in [6.07, 6.45) is 0.902. The molecule has 2 nitrogen and oxygen atoms in total. The second-order valence-corrected chi connectivity index (χ2v) is 6.02. The zero-order chi connectivity index (χ0) is 14.4. The van der Waals surface area contributed by atoms with Gasteiger partial charge in [-0.15, -0.1) is 0 Å². The van der Waals surface area contributed by atoms with Crippen LogP contribution in [0.4, 0.5) is 5.69 Å².